The van der Waals surface area contributed by atoms with Gasteiger partial charge in [-0.15, -0.1) is 0 Å². The van der Waals surface area contributed by atoms with E-state index in [0.717, 1.165) is 0 Å². The minimum atomic E-state index is -1.55. The minimum absolute atomic E-state index is 0.122. The number of piperidine rings is 1. The van der Waals surface area contributed by atoms with Gasteiger partial charge in [-0.3, -0.25) is 14.5 Å². The summed E-state index contributed by atoms with van der Waals surface area (Å²) in [6.45, 7) is 6.33. The van der Waals surface area contributed by atoms with Crippen LogP contribution in [-0.4, -0.2) is 82.6 Å². The Morgan fingerprint density at radius 1 is 1.28 bits per heavy atom. The number of piperazine rings is 1. The third-order valence-corrected chi connectivity index (χ3v) is 7.07. The maximum Gasteiger partial charge on any atom is 0.317 e. The van der Waals surface area contributed by atoms with Crippen LogP contribution < -0.4 is 5.32 Å². The Bertz CT molecular complexity index is 615. The van der Waals surface area contributed by atoms with E-state index in [0.29, 0.717) is 31.2 Å². The highest BCUT2D eigenvalue weighted by Gasteiger charge is 2.63. The maximum absolute atomic E-state index is 15.5. The molecule has 9 heteroatoms. The fraction of sp³-hybridized carbons (Fsp3) is 0.750. The van der Waals surface area contributed by atoms with Crippen LogP contribution in [0.1, 0.15) is 6.42 Å². The van der Waals surface area contributed by atoms with E-state index >= 15 is 4.39 Å². The number of rotatable bonds is 2. The molecule has 6 nitrogen and oxygen atoms in total. The number of nitrogens with zero attached hydrogens (tertiary/aromatic N) is 2. The molecular weight excluding hydrogens is 352 g/mol. The number of carbonyl (C=O) groups is 2. The van der Waals surface area contributed by atoms with Crippen LogP contribution in [-0.2, 0) is 9.59 Å². The standard InChI is InChI=1S/C16H21F2N3O3S/c1-7-21-12-8(14(22)10(16(23)24)15(21)25-7)6-9(17)13(11(12)18)20-4-2-19-3-5-20/h8-13,15,19H,1-6H2,(H,23,24). The Labute approximate surface area is 148 Å². The monoisotopic (exact) mass is 373 g/mol. The molecule has 1 saturated carbocycles. The second-order valence-corrected chi connectivity index (χ2v) is 8.29. The molecule has 0 aromatic carbocycles. The Morgan fingerprint density at radius 2 is 1.96 bits per heavy atom. The second kappa shape index (κ2) is 6.21. The zero-order valence-corrected chi connectivity index (χ0v) is 14.4. The molecule has 0 aromatic rings. The topological polar surface area (TPSA) is 72.9 Å². The van der Waals surface area contributed by atoms with E-state index in [4.69, 9.17) is 0 Å². The van der Waals surface area contributed by atoms with E-state index < -0.39 is 53.4 Å². The summed E-state index contributed by atoms with van der Waals surface area (Å²) in [7, 11) is 0. The van der Waals surface area contributed by atoms with Gasteiger partial charge in [0.2, 0.25) is 0 Å². The second-order valence-electron chi connectivity index (χ2n) is 7.10. The molecule has 7 atom stereocenters. The average Bonchev–Trinajstić information content (AvgIpc) is 2.56. The van der Waals surface area contributed by atoms with Crippen molar-refractivity contribution < 1.29 is 23.5 Å². The van der Waals surface area contributed by atoms with Gasteiger partial charge in [0.15, 0.2) is 5.78 Å². The number of alkyl halides is 2. The van der Waals surface area contributed by atoms with Gasteiger partial charge in [-0.25, -0.2) is 8.78 Å². The number of hydrogen-bond donors (Lipinski definition) is 2. The van der Waals surface area contributed by atoms with E-state index in [1.54, 1.807) is 4.90 Å². The predicted molar refractivity (Wildman–Crippen MR) is 88.4 cm³/mol. The number of thioether (sulfide) groups is 1. The van der Waals surface area contributed by atoms with Crippen molar-refractivity contribution in [3.63, 3.8) is 0 Å². The summed E-state index contributed by atoms with van der Waals surface area (Å²) in [5.41, 5.74) is 0. The van der Waals surface area contributed by atoms with E-state index in [9.17, 15) is 19.1 Å². The number of carboxylic acids is 1. The molecule has 25 heavy (non-hydrogen) atoms. The molecule has 0 spiro atoms. The van der Waals surface area contributed by atoms with Crippen molar-refractivity contribution in [2.45, 2.75) is 36.2 Å². The van der Waals surface area contributed by atoms with Crippen molar-refractivity contribution in [1.29, 1.82) is 0 Å². The Balaban J connectivity index is 1.65. The van der Waals surface area contributed by atoms with Crippen molar-refractivity contribution >= 4 is 23.5 Å². The molecule has 4 fully saturated rings. The Kier molecular flexibility index (Phi) is 4.28. The lowest BCUT2D eigenvalue weighted by molar-refractivity contribution is -0.161. The number of halogens is 2. The molecule has 0 radical (unpaired) electrons. The van der Waals surface area contributed by atoms with Crippen LogP contribution in [0.3, 0.4) is 0 Å². The molecule has 0 aromatic heterocycles. The van der Waals surface area contributed by atoms with Crippen LogP contribution in [0.25, 0.3) is 0 Å². The lowest BCUT2D eigenvalue weighted by Crippen LogP contribution is -2.72. The zero-order valence-electron chi connectivity index (χ0n) is 13.6. The van der Waals surface area contributed by atoms with Crippen molar-refractivity contribution in [3.05, 3.63) is 11.6 Å². The lowest BCUT2D eigenvalue weighted by Gasteiger charge is -2.60. The molecule has 3 saturated heterocycles. The number of fused-ring (bicyclic) bond motifs is 3. The largest absolute Gasteiger partial charge is 0.481 e. The summed E-state index contributed by atoms with van der Waals surface area (Å²) in [5.74, 6) is -3.94. The van der Waals surface area contributed by atoms with Gasteiger partial charge >= 0.3 is 5.97 Å². The Hall–Kier alpha value is -1.19. The first kappa shape index (κ1) is 17.2. The van der Waals surface area contributed by atoms with Gasteiger partial charge in [0.25, 0.3) is 0 Å². The number of carbonyl (C=O) groups excluding carboxylic acids is 1. The van der Waals surface area contributed by atoms with Crippen molar-refractivity contribution in [3.8, 4) is 0 Å². The molecule has 1 aliphatic carbocycles. The van der Waals surface area contributed by atoms with Crippen molar-refractivity contribution in [2.24, 2.45) is 11.8 Å². The third kappa shape index (κ3) is 2.50. The third-order valence-electron chi connectivity index (χ3n) is 5.85. The van der Waals surface area contributed by atoms with Gasteiger partial charge in [0.1, 0.15) is 23.6 Å². The predicted octanol–water partition coefficient (Wildman–Crippen LogP) is 0.455. The highest BCUT2D eigenvalue weighted by Crippen LogP contribution is 2.54. The molecule has 138 valence electrons. The number of Topliss-reactive ketones (excluding diaryl/α,β-unsaturated/α-hetero) is 1. The molecule has 0 amide bonds. The number of aliphatic carboxylic acids is 1. The SMILES string of the molecule is C=C1SC2C(C(=O)O)C(=O)C3CC(F)C(N4CCNCC4)C(F)C3N12. The summed E-state index contributed by atoms with van der Waals surface area (Å²) >= 11 is 1.19. The number of carboxylic acid groups (broad SMARTS) is 1. The first-order valence-corrected chi connectivity index (χ1v) is 9.43. The number of hydrogen-bond acceptors (Lipinski definition) is 6. The van der Waals surface area contributed by atoms with Gasteiger partial charge in [-0.1, -0.05) is 18.3 Å². The van der Waals surface area contributed by atoms with E-state index in [1.807, 2.05) is 4.90 Å². The van der Waals surface area contributed by atoms with Gasteiger partial charge in [-0.2, -0.15) is 0 Å². The summed E-state index contributed by atoms with van der Waals surface area (Å²) in [6, 6.07) is -1.70. The van der Waals surface area contributed by atoms with Crippen LogP contribution >= 0.6 is 11.8 Å². The number of ketones is 1. The Morgan fingerprint density at radius 3 is 2.56 bits per heavy atom. The van der Waals surface area contributed by atoms with Gasteiger partial charge < -0.3 is 15.3 Å². The van der Waals surface area contributed by atoms with Gasteiger partial charge in [0, 0.05) is 32.1 Å². The van der Waals surface area contributed by atoms with Gasteiger partial charge in [0.05, 0.1) is 17.1 Å². The quantitative estimate of drug-likeness (QED) is 0.681. The van der Waals surface area contributed by atoms with Crippen LogP contribution in [0.5, 0.6) is 0 Å². The van der Waals surface area contributed by atoms with Crippen LogP contribution in [0.4, 0.5) is 8.78 Å². The van der Waals surface area contributed by atoms with Gasteiger partial charge in [-0.05, 0) is 6.42 Å². The molecule has 7 unspecified atom stereocenters. The highest BCUT2D eigenvalue weighted by atomic mass is 32.2. The first-order chi connectivity index (χ1) is 11.9. The molecule has 3 aliphatic heterocycles. The average molecular weight is 373 g/mol. The molecule has 4 rings (SSSR count). The van der Waals surface area contributed by atoms with E-state index in [2.05, 4.69) is 11.9 Å². The fourth-order valence-corrected chi connectivity index (χ4v) is 5.96. The maximum atomic E-state index is 15.5. The zero-order chi connectivity index (χ0) is 17.9. The molecule has 0 bridgehead atoms. The minimum Gasteiger partial charge on any atom is -0.481 e. The summed E-state index contributed by atoms with van der Waals surface area (Å²) in [5, 5.41) is 12.5. The summed E-state index contributed by atoms with van der Waals surface area (Å²) < 4.78 is 30.3. The fourth-order valence-electron chi connectivity index (χ4n) is 4.72. The summed E-state index contributed by atoms with van der Waals surface area (Å²) in [6.07, 6.45) is -3.15. The highest BCUT2D eigenvalue weighted by molar-refractivity contribution is 8.05. The van der Waals surface area contributed by atoms with E-state index in [1.165, 1.54) is 11.8 Å². The molecular formula is C16H21F2N3O3S. The van der Waals surface area contributed by atoms with Crippen LogP contribution in [0.2, 0.25) is 0 Å². The smallest absolute Gasteiger partial charge is 0.317 e. The normalized spacial score (nSPS) is 44.7. The van der Waals surface area contributed by atoms with E-state index in [-0.39, 0.29) is 6.42 Å². The first-order valence-electron chi connectivity index (χ1n) is 8.55. The molecule has 4 aliphatic rings. The van der Waals surface area contributed by atoms with Crippen LogP contribution in [0, 0.1) is 11.8 Å². The van der Waals surface area contributed by atoms with Crippen molar-refractivity contribution in [1.82, 2.24) is 15.1 Å². The van der Waals surface area contributed by atoms with Crippen LogP contribution in [0.15, 0.2) is 11.6 Å². The summed E-state index contributed by atoms with van der Waals surface area (Å²) in [4.78, 5) is 27.6. The molecule has 3 heterocycles. The lowest BCUT2D eigenvalue weighted by atomic mass is 9.70. The van der Waals surface area contributed by atoms with Crippen molar-refractivity contribution in [2.75, 3.05) is 26.2 Å². The molecule has 2 N–H and O–H groups in total. The number of nitrogens with one attached hydrogen (secondary N) is 1.